The minimum Gasteiger partial charge on any atom is -0.465 e. The fourth-order valence-electron chi connectivity index (χ4n) is 2.00. The zero-order valence-corrected chi connectivity index (χ0v) is 12.6. The molecule has 0 unspecified atom stereocenters. The molecule has 23 heavy (non-hydrogen) atoms. The smallest absolute Gasteiger partial charge is 0.339 e. The van der Waals surface area contributed by atoms with Crippen LogP contribution in [0.15, 0.2) is 48.5 Å². The maximum absolute atomic E-state index is 13.5. The summed E-state index contributed by atoms with van der Waals surface area (Å²) in [6.07, 6.45) is 0. The Bertz CT molecular complexity index is 704. The summed E-state index contributed by atoms with van der Waals surface area (Å²) in [5.41, 5.74) is 1.26. The number of rotatable bonds is 6. The van der Waals surface area contributed by atoms with Gasteiger partial charge in [0, 0.05) is 17.8 Å². The summed E-state index contributed by atoms with van der Waals surface area (Å²) in [5.74, 6) is -1.16. The van der Waals surface area contributed by atoms with Gasteiger partial charge in [0.2, 0.25) is 5.91 Å². The average Bonchev–Trinajstić information content (AvgIpc) is 2.58. The van der Waals surface area contributed by atoms with Crippen molar-refractivity contribution in [2.75, 3.05) is 19.0 Å². The molecule has 2 aromatic carbocycles. The highest BCUT2D eigenvalue weighted by Crippen LogP contribution is 2.15. The van der Waals surface area contributed by atoms with Crippen molar-refractivity contribution in [2.24, 2.45) is 0 Å². The Labute approximate surface area is 133 Å². The van der Waals surface area contributed by atoms with Gasteiger partial charge in [0.15, 0.2) is 0 Å². The van der Waals surface area contributed by atoms with Gasteiger partial charge in [-0.05, 0) is 18.2 Å². The van der Waals surface area contributed by atoms with E-state index in [0.717, 1.165) is 0 Å². The summed E-state index contributed by atoms with van der Waals surface area (Å²) in [6, 6.07) is 13.0. The Morgan fingerprint density at radius 2 is 1.78 bits per heavy atom. The number of methoxy groups -OCH3 is 1. The van der Waals surface area contributed by atoms with E-state index in [0.29, 0.717) is 16.8 Å². The number of hydrogen-bond donors (Lipinski definition) is 2. The van der Waals surface area contributed by atoms with Crippen LogP contribution in [0, 0.1) is 5.82 Å². The van der Waals surface area contributed by atoms with E-state index in [4.69, 9.17) is 0 Å². The molecule has 0 radical (unpaired) electrons. The van der Waals surface area contributed by atoms with Crippen molar-refractivity contribution < 1.29 is 18.7 Å². The molecule has 0 aromatic heterocycles. The lowest BCUT2D eigenvalue weighted by Gasteiger charge is -2.11. The number of anilines is 1. The molecule has 0 saturated heterocycles. The van der Waals surface area contributed by atoms with Gasteiger partial charge in [-0.15, -0.1) is 0 Å². The van der Waals surface area contributed by atoms with E-state index in [1.165, 1.54) is 13.2 Å². The van der Waals surface area contributed by atoms with E-state index < -0.39 is 5.97 Å². The zero-order chi connectivity index (χ0) is 16.7. The molecule has 0 aliphatic heterocycles. The van der Waals surface area contributed by atoms with Gasteiger partial charge >= 0.3 is 5.97 Å². The Kier molecular flexibility index (Phi) is 5.68. The zero-order valence-electron chi connectivity index (χ0n) is 12.6. The van der Waals surface area contributed by atoms with Crippen LogP contribution in [-0.4, -0.2) is 25.5 Å². The minimum absolute atomic E-state index is 0.0392. The lowest BCUT2D eigenvalue weighted by Crippen LogP contribution is -2.30. The first-order chi connectivity index (χ1) is 11.1. The molecule has 5 nitrogen and oxygen atoms in total. The van der Waals surface area contributed by atoms with Gasteiger partial charge < -0.3 is 15.4 Å². The fraction of sp³-hybridized carbons (Fsp3) is 0.176. The Morgan fingerprint density at radius 1 is 1.09 bits per heavy atom. The van der Waals surface area contributed by atoms with Crippen molar-refractivity contribution in [1.29, 1.82) is 0 Å². The van der Waals surface area contributed by atoms with Gasteiger partial charge in [-0.3, -0.25) is 4.79 Å². The summed E-state index contributed by atoms with van der Waals surface area (Å²) < 4.78 is 18.1. The average molecular weight is 316 g/mol. The van der Waals surface area contributed by atoms with Gasteiger partial charge in [0.05, 0.1) is 19.2 Å². The van der Waals surface area contributed by atoms with E-state index >= 15 is 0 Å². The molecule has 6 heteroatoms. The van der Waals surface area contributed by atoms with Crippen molar-refractivity contribution in [3.63, 3.8) is 0 Å². The SMILES string of the molecule is COC(=O)c1ccccc1NCC(=O)NCc1ccccc1F. The second-order valence-electron chi connectivity index (χ2n) is 4.76. The van der Waals surface area contributed by atoms with Crippen molar-refractivity contribution in [2.45, 2.75) is 6.54 Å². The van der Waals surface area contributed by atoms with Crippen LogP contribution in [0.3, 0.4) is 0 Å². The molecule has 2 aromatic rings. The van der Waals surface area contributed by atoms with E-state index in [-0.39, 0.29) is 24.8 Å². The molecule has 0 aliphatic rings. The quantitative estimate of drug-likeness (QED) is 0.803. The van der Waals surface area contributed by atoms with Crippen LogP contribution >= 0.6 is 0 Å². The molecule has 0 heterocycles. The number of carbonyl (C=O) groups excluding carboxylic acids is 2. The van der Waals surface area contributed by atoms with Crippen LogP contribution in [0.1, 0.15) is 15.9 Å². The normalized spacial score (nSPS) is 10.0. The summed E-state index contributed by atoms with van der Waals surface area (Å²) >= 11 is 0. The summed E-state index contributed by atoms with van der Waals surface area (Å²) in [6.45, 7) is 0.0638. The van der Waals surface area contributed by atoms with E-state index in [1.54, 1.807) is 42.5 Å². The number of esters is 1. The first-order valence-electron chi connectivity index (χ1n) is 7.03. The lowest BCUT2D eigenvalue weighted by atomic mass is 10.2. The second-order valence-corrected chi connectivity index (χ2v) is 4.76. The molecular weight excluding hydrogens is 299 g/mol. The van der Waals surface area contributed by atoms with Crippen molar-refractivity contribution in [3.05, 3.63) is 65.5 Å². The maximum Gasteiger partial charge on any atom is 0.339 e. The second kappa shape index (κ2) is 7.93. The van der Waals surface area contributed by atoms with Crippen LogP contribution in [0.4, 0.5) is 10.1 Å². The third kappa shape index (κ3) is 4.54. The lowest BCUT2D eigenvalue weighted by molar-refractivity contribution is -0.119. The topological polar surface area (TPSA) is 67.4 Å². The van der Waals surface area contributed by atoms with E-state index in [2.05, 4.69) is 15.4 Å². The van der Waals surface area contributed by atoms with Crippen LogP contribution in [0.25, 0.3) is 0 Å². The van der Waals surface area contributed by atoms with E-state index in [9.17, 15) is 14.0 Å². The van der Waals surface area contributed by atoms with Gasteiger partial charge in [-0.1, -0.05) is 30.3 Å². The number of halogens is 1. The summed E-state index contributed by atoms with van der Waals surface area (Å²) in [7, 11) is 1.29. The van der Waals surface area contributed by atoms with E-state index in [1.807, 2.05) is 0 Å². The van der Waals surface area contributed by atoms with Crippen LogP contribution in [0.5, 0.6) is 0 Å². The van der Waals surface area contributed by atoms with Gasteiger partial charge in [-0.2, -0.15) is 0 Å². The fourth-order valence-corrected chi connectivity index (χ4v) is 2.00. The molecule has 1 amide bonds. The molecule has 2 rings (SSSR count). The first-order valence-corrected chi connectivity index (χ1v) is 7.03. The number of ether oxygens (including phenoxy) is 1. The third-order valence-electron chi connectivity index (χ3n) is 3.21. The molecule has 120 valence electrons. The number of para-hydroxylation sites is 1. The molecule has 0 spiro atoms. The number of carbonyl (C=O) groups is 2. The standard InChI is InChI=1S/C17H17FN2O3/c1-23-17(22)13-7-3-5-9-15(13)19-11-16(21)20-10-12-6-2-4-8-14(12)18/h2-9,19H,10-11H2,1H3,(H,20,21). The molecule has 0 aliphatic carbocycles. The van der Waals surface area contributed by atoms with Gasteiger partial charge in [0.25, 0.3) is 0 Å². The highest BCUT2D eigenvalue weighted by atomic mass is 19.1. The molecule has 2 N–H and O–H groups in total. The van der Waals surface area contributed by atoms with Crippen LogP contribution < -0.4 is 10.6 Å². The minimum atomic E-state index is -0.486. The summed E-state index contributed by atoms with van der Waals surface area (Å²) in [5, 5.41) is 5.49. The molecule has 0 saturated carbocycles. The highest BCUT2D eigenvalue weighted by molar-refractivity contribution is 5.96. The van der Waals surface area contributed by atoms with Crippen molar-refractivity contribution in [1.82, 2.24) is 5.32 Å². The molecule has 0 bridgehead atoms. The van der Waals surface area contributed by atoms with Crippen molar-refractivity contribution in [3.8, 4) is 0 Å². The molecule has 0 fully saturated rings. The first kappa shape index (κ1) is 16.5. The largest absolute Gasteiger partial charge is 0.465 e. The Morgan fingerprint density at radius 3 is 2.52 bits per heavy atom. The number of hydrogen-bond acceptors (Lipinski definition) is 4. The van der Waals surface area contributed by atoms with Crippen LogP contribution in [0.2, 0.25) is 0 Å². The molecular formula is C17H17FN2O3. The van der Waals surface area contributed by atoms with Crippen molar-refractivity contribution >= 4 is 17.6 Å². The predicted molar refractivity (Wildman–Crippen MR) is 84.5 cm³/mol. The van der Waals surface area contributed by atoms with Gasteiger partial charge in [0.1, 0.15) is 5.82 Å². The Balaban J connectivity index is 1.90. The number of amides is 1. The number of benzene rings is 2. The van der Waals surface area contributed by atoms with Crippen LogP contribution in [-0.2, 0) is 16.1 Å². The monoisotopic (exact) mass is 316 g/mol. The third-order valence-corrected chi connectivity index (χ3v) is 3.21. The maximum atomic E-state index is 13.5. The number of nitrogens with one attached hydrogen (secondary N) is 2. The van der Waals surface area contributed by atoms with Gasteiger partial charge in [-0.25, -0.2) is 9.18 Å². The summed E-state index contributed by atoms with van der Waals surface area (Å²) in [4.78, 5) is 23.5. The highest BCUT2D eigenvalue weighted by Gasteiger charge is 2.11. The predicted octanol–water partition coefficient (Wildman–Crippen LogP) is 2.34. The Hall–Kier alpha value is -2.89. The molecule has 0 atom stereocenters.